The van der Waals surface area contributed by atoms with Crippen LogP contribution in [0.5, 0.6) is 0 Å². The van der Waals surface area contributed by atoms with Gasteiger partial charge >= 0.3 is 0 Å². The van der Waals surface area contributed by atoms with Crippen LogP contribution in [0.15, 0.2) is 10.6 Å². The van der Waals surface area contributed by atoms with Crippen LogP contribution in [0.4, 0.5) is 0 Å². The smallest absolute Gasteiger partial charge is 0.225 e. The van der Waals surface area contributed by atoms with Gasteiger partial charge < -0.3 is 14.7 Å². The van der Waals surface area contributed by atoms with E-state index in [4.69, 9.17) is 4.52 Å². The van der Waals surface area contributed by atoms with Crippen molar-refractivity contribution in [2.45, 2.75) is 60.0 Å². The minimum Gasteiger partial charge on any atom is -0.360 e. The Bertz CT molecular complexity index is 555. The zero-order chi connectivity index (χ0) is 17.4. The fraction of sp³-hybridized carbons (Fsp3) is 0.778. The molecule has 1 fully saturated rings. The van der Waals surface area contributed by atoms with E-state index in [1.54, 1.807) is 0 Å². The number of carbonyl (C=O) groups is 1. The van der Waals surface area contributed by atoms with Crippen molar-refractivity contribution in [3.63, 3.8) is 0 Å². The fourth-order valence-electron chi connectivity index (χ4n) is 3.07. The SMILES string of the molecule is CN(C)Cc1cc(C[C@@H]2C[C@H](NC(=O)C(C)(C)C)C2(C)C)no1. The van der Waals surface area contributed by atoms with Gasteiger partial charge in [-0.3, -0.25) is 4.79 Å². The van der Waals surface area contributed by atoms with Crippen molar-refractivity contribution in [3.8, 4) is 0 Å². The quantitative estimate of drug-likeness (QED) is 0.906. The average molecular weight is 321 g/mol. The summed E-state index contributed by atoms with van der Waals surface area (Å²) >= 11 is 0. The number of carbonyl (C=O) groups excluding carboxylic acids is 1. The van der Waals surface area contributed by atoms with E-state index in [1.165, 1.54) is 0 Å². The van der Waals surface area contributed by atoms with Crippen LogP contribution in [0.3, 0.4) is 0 Å². The van der Waals surface area contributed by atoms with Crippen LogP contribution >= 0.6 is 0 Å². The lowest BCUT2D eigenvalue weighted by Gasteiger charge is -2.52. The number of aromatic nitrogens is 1. The van der Waals surface area contributed by atoms with Crippen LogP contribution in [-0.2, 0) is 17.8 Å². The molecule has 0 spiro atoms. The lowest BCUT2D eigenvalue weighted by atomic mass is 9.57. The summed E-state index contributed by atoms with van der Waals surface area (Å²) in [6.45, 7) is 11.1. The molecule has 1 aromatic rings. The summed E-state index contributed by atoms with van der Waals surface area (Å²) in [5.74, 6) is 1.55. The molecule has 0 saturated heterocycles. The maximum absolute atomic E-state index is 12.2. The van der Waals surface area contributed by atoms with E-state index in [0.29, 0.717) is 5.92 Å². The zero-order valence-electron chi connectivity index (χ0n) is 15.6. The molecule has 5 nitrogen and oxygen atoms in total. The molecule has 1 heterocycles. The molecule has 130 valence electrons. The Balaban J connectivity index is 1.91. The van der Waals surface area contributed by atoms with Crippen LogP contribution in [-0.4, -0.2) is 36.1 Å². The number of rotatable bonds is 5. The molecule has 1 aliphatic carbocycles. The molecule has 0 radical (unpaired) electrons. The Hall–Kier alpha value is -1.36. The summed E-state index contributed by atoms with van der Waals surface area (Å²) in [4.78, 5) is 14.2. The second-order valence-corrected chi connectivity index (χ2v) is 8.76. The number of hydrogen-bond donors (Lipinski definition) is 1. The summed E-state index contributed by atoms with van der Waals surface area (Å²) in [6, 6.07) is 2.30. The van der Waals surface area contributed by atoms with Crippen molar-refractivity contribution >= 4 is 5.91 Å². The standard InChI is InChI=1S/C18H31N3O2/c1-17(2,3)16(22)19-15-9-12(18(15,4)5)8-13-10-14(23-20-13)11-21(6)7/h10,12,15H,8-9,11H2,1-7H3,(H,19,22)/t12-,15+/m1/s1. The molecule has 1 aromatic heterocycles. The predicted octanol–water partition coefficient (Wildman–Crippen LogP) is 2.86. The zero-order valence-corrected chi connectivity index (χ0v) is 15.6. The molecule has 1 amide bonds. The second-order valence-electron chi connectivity index (χ2n) is 8.76. The van der Waals surface area contributed by atoms with Gasteiger partial charge in [0.05, 0.1) is 12.2 Å². The molecule has 2 atom stereocenters. The maximum Gasteiger partial charge on any atom is 0.225 e. The number of nitrogens with one attached hydrogen (secondary N) is 1. The molecule has 1 aliphatic rings. The van der Waals surface area contributed by atoms with Gasteiger partial charge in [-0.2, -0.15) is 0 Å². The number of hydrogen-bond acceptors (Lipinski definition) is 4. The molecule has 2 rings (SSSR count). The van der Waals surface area contributed by atoms with Crippen molar-refractivity contribution in [2.24, 2.45) is 16.7 Å². The van der Waals surface area contributed by atoms with Gasteiger partial charge in [-0.1, -0.05) is 39.8 Å². The lowest BCUT2D eigenvalue weighted by molar-refractivity contribution is -0.133. The molecular formula is C18H31N3O2. The third kappa shape index (κ3) is 4.14. The van der Waals surface area contributed by atoms with E-state index < -0.39 is 0 Å². The highest BCUT2D eigenvalue weighted by Crippen LogP contribution is 2.48. The van der Waals surface area contributed by atoms with Crippen molar-refractivity contribution in [2.75, 3.05) is 14.1 Å². The summed E-state index contributed by atoms with van der Waals surface area (Å²) in [6.07, 6.45) is 1.91. The van der Waals surface area contributed by atoms with E-state index in [0.717, 1.165) is 30.8 Å². The van der Waals surface area contributed by atoms with Gasteiger partial charge in [0.15, 0.2) is 5.76 Å². The van der Waals surface area contributed by atoms with Crippen LogP contribution in [0.1, 0.15) is 52.5 Å². The Kier molecular flexibility index (Phi) is 4.90. The van der Waals surface area contributed by atoms with Crippen LogP contribution in [0, 0.1) is 16.7 Å². The lowest BCUT2D eigenvalue weighted by Crippen LogP contribution is -2.60. The number of nitrogens with zero attached hydrogens (tertiary/aromatic N) is 2. The molecule has 0 bridgehead atoms. The van der Waals surface area contributed by atoms with E-state index in [9.17, 15) is 4.79 Å². The highest BCUT2D eigenvalue weighted by Gasteiger charge is 2.49. The minimum atomic E-state index is -0.339. The average Bonchev–Trinajstić information content (AvgIpc) is 2.82. The van der Waals surface area contributed by atoms with E-state index in [1.807, 2.05) is 34.9 Å². The molecule has 1 N–H and O–H groups in total. The largest absolute Gasteiger partial charge is 0.360 e. The van der Waals surface area contributed by atoms with Gasteiger partial charge in [-0.25, -0.2) is 0 Å². The van der Waals surface area contributed by atoms with Crippen LogP contribution in [0.25, 0.3) is 0 Å². The summed E-state index contributed by atoms with van der Waals surface area (Å²) < 4.78 is 5.39. The number of amides is 1. The topological polar surface area (TPSA) is 58.4 Å². The van der Waals surface area contributed by atoms with Gasteiger partial charge in [0, 0.05) is 17.5 Å². The van der Waals surface area contributed by atoms with Crippen LogP contribution in [0.2, 0.25) is 0 Å². The van der Waals surface area contributed by atoms with Gasteiger partial charge in [0.2, 0.25) is 5.91 Å². The molecule has 0 unspecified atom stereocenters. The third-order valence-corrected chi connectivity index (χ3v) is 4.99. The van der Waals surface area contributed by atoms with Gasteiger partial charge in [-0.05, 0) is 38.3 Å². The Labute approximate surface area is 139 Å². The van der Waals surface area contributed by atoms with Gasteiger partial charge in [0.1, 0.15) is 0 Å². The molecule has 5 heteroatoms. The highest BCUT2D eigenvalue weighted by atomic mass is 16.5. The molecule has 0 aromatic carbocycles. The van der Waals surface area contributed by atoms with Crippen molar-refractivity contribution in [3.05, 3.63) is 17.5 Å². The predicted molar refractivity (Wildman–Crippen MR) is 90.9 cm³/mol. The molecule has 0 aliphatic heterocycles. The monoisotopic (exact) mass is 321 g/mol. The first kappa shape index (κ1) is 18.0. The normalized spacial score (nSPS) is 23.7. The van der Waals surface area contributed by atoms with Crippen molar-refractivity contribution in [1.82, 2.24) is 15.4 Å². The Morgan fingerprint density at radius 1 is 1.43 bits per heavy atom. The summed E-state index contributed by atoms with van der Waals surface area (Å²) in [5.41, 5.74) is 0.760. The molecular weight excluding hydrogens is 290 g/mol. The van der Waals surface area contributed by atoms with Crippen LogP contribution < -0.4 is 5.32 Å². The van der Waals surface area contributed by atoms with Crippen molar-refractivity contribution < 1.29 is 9.32 Å². The van der Waals surface area contributed by atoms with Gasteiger partial charge in [0.25, 0.3) is 0 Å². The van der Waals surface area contributed by atoms with Gasteiger partial charge in [-0.15, -0.1) is 0 Å². The fourth-order valence-corrected chi connectivity index (χ4v) is 3.07. The summed E-state index contributed by atoms with van der Waals surface area (Å²) in [5, 5.41) is 7.40. The molecule has 1 saturated carbocycles. The first-order valence-corrected chi connectivity index (χ1v) is 8.40. The minimum absolute atomic E-state index is 0.0849. The summed E-state index contributed by atoms with van der Waals surface area (Å²) in [7, 11) is 4.03. The van der Waals surface area contributed by atoms with E-state index in [2.05, 4.69) is 35.3 Å². The second kappa shape index (κ2) is 6.27. The molecule has 23 heavy (non-hydrogen) atoms. The Morgan fingerprint density at radius 3 is 2.61 bits per heavy atom. The van der Waals surface area contributed by atoms with E-state index >= 15 is 0 Å². The Morgan fingerprint density at radius 2 is 2.09 bits per heavy atom. The third-order valence-electron chi connectivity index (χ3n) is 4.99. The maximum atomic E-state index is 12.2. The van der Waals surface area contributed by atoms with E-state index in [-0.39, 0.29) is 22.8 Å². The highest BCUT2D eigenvalue weighted by molar-refractivity contribution is 5.81. The first-order valence-electron chi connectivity index (χ1n) is 8.40. The first-order chi connectivity index (χ1) is 10.5. The van der Waals surface area contributed by atoms with Crippen molar-refractivity contribution in [1.29, 1.82) is 0 Å².